The van der Waals surface area contributed by atoms with Crippen LogP contribution in [0, 0.1) is 0 Å². The first-order chi connectivity index (χ1) is 11.7. The van der Waals surface area contributed by atoms with E-state index >= 15 is 0 Å². The van der Waals surface area contributed by atoms with Gasteiger partial charge in [0.2, 0.25) is 0 Å². The number of piperidine rings is 1. The number of carboxylic acid groups (broad SMARTS) is 1. The number of benzene rings is 1. The van der Waals surface area contributed by atoms with Gasteiger partial charge in [-0.15, -0.1) is 0 Å². The maximum Gasteiger partial charge on any atom is 0.407 e. The maximum absolute atomic E-state index is 11.9. The minimum atomic E-state index is -1.07. The number of carboxylic acids is 1. The van der Waals surface area contributed by atoms with Crippen LogP contribution in [0.2, 0.25) is 0 Å². The van der Waals surface area contributed by atoms with Gasteiger partial charge in [-0.3, -0.25) is 4.79 Å². The van der Waals surface area contributed by atoms with Crippen LogP contribution in [0.25, 0.3) is 0 Å². The molecule has 1 aromatic rings. The van der Waals surface area contributed by atoms with Crippen LogP contribution < -0.4 is 10.2 Å². The van der Waals surface area contributed by atoms with Crippen molar-refractivity contribution in [3.05, 3.63) is 29.3 Å². The summed E-state index contributed by atoms with van der Waals surface area (Å²) in [5.74, 6) is -1.07. The average Bonchev–Trinajstić information content (AvgIpc) is 2.52. The third-order valence-electron chi connectivity index (χ3n) is 3.88. The van der Waals surface area contributed by atoms with Crippen LogP contribution in [0.5, 0.6) is 0 Å². The van der Waals surface area contributed by atoms with Crippen LogP contribution in [0.4, 0.5) is 10.5 Å². The molecule has 1 aliphatic heterocycles. The molecule has 0 saturated carbocycles. The number of aromatic carboxylic acids is 1. The number of alkyl carbamates (subject to hydrolysis) is 1. The van der Waals surface area contributed by atoms with Crippen molar-refractivity contribution in [2.45, 2.75) is 45.3 Å². The summed E-state index contributed by atoms with van der Waals surface area (Å²) >= 11 is 0. The maximum atomic E-state index is 11.9. The van der Waals surface area contributed by atoms with Gasteiger partial charge in [-0.2, -0.15) is 0 Å². The monoisotopic (exact) mass is 348 g/mol. The molecular weight excluding hydrogens is 324 g/mol. The van der Waals surface area contributed by atoms with Gasteiger partial charge in [-0.1, -0.05) is 0 Å². The van der Waals surface area contributed by atoms with Crippen molar-refractivity contribution < 1.29 is 24.2 Å². The molecule has 25 heavy (non-hydrogen) atoms. The van der Waals surface area contributed by atoms with Crippen molar-refractivity contribution in [1.29, 1.82) is 0 Å². The summed E-state index contributed by atoms with van der Waals surface area (Å²) < 4.78 is 5.28. The van der Waals surface area contributed by atoms with Gasteiger partial charge >= 0.3 is 12.1 Å². The molecule has 0 aromatic heterocycles. The van der Waals surface area contributed by atoms with E-state index in [1.54, 1.807) is 26.8 Å². The van der Waals surface area contributed by atoms with E-state index in [1.165, 1.54) is 12.1 Å². The van der Waals surface area contributed by atoms with Crippen molar-refractivity contribution in [2.24, 2.45) is 0 Å². The molecule has 7 heteroatoms. The second-order valence-electron chi connectivity index (χ2n) is 7.13. The second kappa shape index (κ2) is 7.55. The van der Waals surface area contributed by atoms with Crippen LogP contribution >= 0.6 is 0 Å². The molecule has 7 nitrogen and oxygen atoms in total. The van der Waals surface area contributed by atoms with E-state index in [9.17, 15) is 14.4 Å². The third-order valence-corrected chi connectivity index (χ3v) is 3.88. The number of aldehydes is 1. The molecule has 1 fully saturated rings. The highest BCUT2D eigenvalue weighted by atomic mass is 16.6. The fourth-order valence-electron chi connectivity index (χ4n) is 2.86. The number of rotatable bonds is 4. The topological polar surface area (TPSA) is 95.9 Å². The van der Waals surface area contributed by atoms with E-state index in [0.29, 0.717) is 24.1 Å². The van der Waals surface area contributed by atoms with Gasteiger partial charge in [0, 0.05) is 30.4 Å². The number of nitrogens with one attached hydrogen (secondary N) is 1. The van der Waals surface area contributed by atoms with Crippen LogP contribution in [-0.2, 0) is 4.74 Å². The summed E-state index contributed by atoms with van der Waals surface area (Å²) in [6.07, 6.45) is 1.86. The Morgan fingerprint density at radius 3 is 2.68 bits per heavy atom. The zero-order valence-electron chi connectivity index (χ0n) is 14.7. The molecule has 1 amide bonds. The molecule has 2 N–H and O–H groups in total. The van der Waals surface area contributed by atoms with E-state index in [0.717, 1.165) is 19.4 Å². The van der Waals surface area contributed by atoms with Crippen molar-refractivity contribution >= 4 is 24.0 Å². The zero-order valence-corrected chi connectivity index (χ0v) is 14.7. The lowest BCUT2D eigenvalue weighted by Gasteiger charge is -2.35. The van der Waals surface area contributed by atoms with Gasteiger partial charge in [0.1, 0.15) is 5.60 Å². The smallest absolute Gasteiger partial charge is 0.407 e. The van der Waals surface area contributed by atoms with E-state index in [-0.39, 0.29) is 11.6 Å². The largest absolute Gasteiger partial charge is 0.478 e. The number of carbonyl (C=O) groups is 3. The molecule has 1 atom stereocenters. The Hall–Kier alpha value is -2.57. The van der Waals surface area contributed by atoms with Gasteiger partial charge < -0.3 is 20.1 Å². The normalized spacial score (nSPS) is 17.7. The van der Waals surface area contributed by atoms with Crippen LogP contribution in [0.15, 0.2) is 18.2 Å². The molecule has 2 rings (SSSR count). The summed E-state index contributed by atoms with van der Waals surface area (Å²) in [6, 6.07) is 4.40. The number of carbonyl (C=O) groups excluding carboxylic acids is 2. The molecule has 1 saturated heterocycles. The third kappa shape index (κ3) is 5.20. The summed E-state index contributed by atoms with van der Waals surface area (Å²) in [5, 5.41) is 11.9. The van der Waals surface area contributed by atoms with Gasteiger partial charge in [0.05, 0.1) is 5.56 Å². The first-order valence-corrected chi connectivity index (χ1v) is 8.26. The van der Waals surface area contributed by atoms with E-state index < -0.39 is 17.7 Å². The zero-order chi connectivity index (χ0) is 18.6. The van der Waals surface area contributed by atoms with Gasteiger partial charge in [0.15, 0.2) is 6.29 Å². The van der Waals surface area contributed by atoms with Crippen LogP contribution in [0.1, 0.15) is 54.3 Å². The minimum Gasteiger partial charge on any atom is -0.478 e. The Balaban J connectivity index is 2.09. The van der Waals surface area contributed by atoms with Crippen molar-refractivity contribution in [3.63, 3.8) is 0 Å². The fourth-order valence-corrected chi connectivity index (χ4v) is 2.86. The average molecular weight is 348 g/mol. The first-order valence-electron chi connectivity index (χ1n) is 8.26. The minimum absolute atomic E-state index is 0.0753. The summed E-state index contributed by atoms with van der Waals surface area (Å²) in [6.45, 7) is 6.69. The van der Waals surface area contributed by atoms with Crippen LogP contribution in [0.3, 0.4) is 0 Å². The number of ether oxygens (including phenoxy) is 1. The number of nitrogens with zero attached hydrogens (tertiary/aromatic N) is 1. The highest BCUT2D eigenvalue weighted by Crippen LogP contribution is 2.25. The molecule has 136 valence electrons. The molecular formula is C18H24N2O5. The summed E-state index contributed by atoms with van der Waals surface area (Å²) in [4.78, 5) is 36.3. The van der Waals surface area contributed by atoms with Gasteiger partial charge in [-0.25, -0.2) is 9.59 Å². The molecule has 0 unspecified atom stereocenters. The molecule has 1 heterocycles. The van der Waals surface area contributed by atoms with Crippen molar-refractivity contribution in [2.75, 3.05) is 18.0 Å². The predicted octanol–water partition coefficient (Wildman–Crippen LogP) is 2.69. The van der Waals surface area contributed by atoms with Crippen molar-refractivity contribution in [3.8, 4) is 0 Å². The predicted molar refractivity (Wildman–Crippen MR) is 93.4 cm³/mol. The molecule has 1 aliphatic rings. The Kier molecular flexibility index (Phi) is 5.66. The lowest BCUT2D eigenvalue weighted by Crippen LogP contribution is -2.49. The second-order valence-corrected chi connectivity index (χ2v) is 7.13. The summed E-state index contributed by atoms with van der Waals surface area (Å²) in [5.41, 5.74) is 0.523. The molecule has 0 aliphatic carbocycles. The lowest BCUT2D eigenvalue weighted by atomic mass is 10.0. The Bertz CT molecular complexity index is 666. The SMILES string of the molecule is CC(C)(C)OC(=O)N[C@@H]1CCCN(c2ccc(C(=O)O)cc2C=O)C1. The quantitative estimate of drug-likeness (QED) is 0.812. The van der Waals surface area contributed by atoms with E-state index in [1.807, 2.05) is 4.90 Å². The number of hydrogen-bond donors (Lipinski definition) is 2. The Morgan fingerprint density at radius 1 is 1.36 bits per heavy atom. The molecule has 0 bridgehead atoms. The fraction of sp³-hybridized carbons (Fsp3) is 0.500. The highest BCUT2D eigenvalue weighted by Gasteiger charge is 2.25. The van der Waals surface area contributed by atoms with Crippen molar-refractivity contribution in [1.82, 2.24) is 5.32 Å². The molecule has 0 spiro atoms. The summed E-state index contributed by atoms with van der Waals surface area (Å²) in [7, 11) is 0. The standard InChI is InChI=1S/C18H24N2O5/c1-18(2,3)25-17(24)19-14-5-4-8-20(10-14)15-7-6-12(16(22)23)9-13(15)11-21/h6-7,9,11,14H,4-5,8,10H2,1-3H3,(H,19,24)(H,22,23)/t14-/m1/s1. The van der Waals surface area contributed by atoms with E-state index in [4.69, 9.17) is 9.84 Å². The van der Waals surface area contributed by atoms with Gasteiger partial charge in [0.25, 0.3) is 0 Å². The number of amides is 1. The van der Waals surface area contributed by atoms with E-state index in [2.05, 4.69) is 5.32 Å². The Labute approximate surface area is 147 Å². The highest BCUT2D eigenvalue weighted by molar-refractivity contribution is 5.93. The molecule has 1 aromatic carbocycles. The molecule has 0 radical (unpaired) electrons. The Morgan fingerprint density at radius 2 is 2.08 bits per heavy atom. The first kappa shape index (κ1) is 18.8. The lowest BCUT2D eigenvalue weighted by molar-refractivity contribution is 0.0499. The number of anilines is 1. The van der Waals surface area contributed by atoms with Crippen LogP contribution in [-0.4, -0.2) is 48.2 Å². The van der Waals surface area contributed by atoms with Gasteiger partial charge in [-0.05, 0) is 51.8 Å². The number of hydrogen-bond acceptors (Lipinski definition) is 5.